The van der Waals surface area contributed by atoms with Gasteiger partial charge in [-0.1, -0.05) is 73.5 Å². The minimum absolute atomic E-state index is 0.0938. The van der Waals surface area contributed by atoms with E-state index in [1.807, 2.05) is 36.4 Å². The van der Waals surface area contributed by atoms with Crippen LogP contribution in [0.5, 0.6) is 0 Å². The van der Waals surface area contributed by atoms with Gasteiger partial charge in [0.05, 0.1) is 6.54 Å². The number of hydrogen-bond acceptors (Lipinski definition) is 3. The van der Waals surface area contributed by atoms with E-state index >= 15 is 0 Å². The van der Waals surface area contributed by atoms with E-state index in [0.29, 0.717) is 0 Å². The predicted molar refractivity (Wildman–Crippen MR) is 124 cm³/mol. The van der Waals surface area contributed by atoms with Crippen molar-refractivity contribution in [3.05, 3.63) is 71.8 Å². The summed E-state index contributed by atoms with van der Waals surface area (Å²) in [6.45, 7) is 4.01. The Labute approximate surface area is 185 Å². The second-order valence-corrected chi connectivity index (χ2v) is 10.9. The summed E-state index contributed by atoms with van der Waals surface area (Å²) >= 11 is 0. The zero-order valence-electron chi connectivity index (χ0n) is 18.4. The molecule has 2 aromatic rings. The maximum atomic E-state index is 14.9. The summed E-state index contributed by atoms with van der Waals surface area (Å²) in [7, 11) is -3.42. The average molecular weight is 441 g/mol. The van der Waals surface area contributed by atoms with Gasteiger partial charge in [-0.15, -0.1) is 0 Å². The van der Waals surface area contributed by atoms with Crippen LogP contribution in [-0.4, -0.2) is 33.9 Å². The van der Waals surface area contributed by atoms with Crippen molar-refractivity contribution >= 4 is 13.5 Å². The molecule has 4 rings (SSSR count). The molecular formula is C24H33N4O2P. The van der Waals surface area contributed by atoms with Crippen LogP contribution in [0.3, 0.4) is 0 Å². The van der Waals surface area contributed by atoms with Crippen LogP contribution >= 0.6 is 7.59 Å². The first-order valence-electron chi connectivity index (χ1n) is 11.3. The molecule has 2 aromatic carbocycles. The van der Waals surface area contributed by atoms with E-state index in [9.17, 15) is 9.36 Å². The fourth-order valence-electron chi connectivity index (χ4n) is 5.37. The van der Waals surface area contributed by atoms with Crippen molar-refractivity contribution in [2.24, 2.45) is 5.73 Å². The summed E-state index contributed by atoms with van der Waals surface area (Å²) in [5, 5.41) is 2.91. The van der Waals surface area contributed by atoms with E-state index < -0.39 is 7.59 Å². The van der Waals surface area contributed by atoms with Crippen LogP contribution in [0.25, 0.3) is 0 Å². The molecular weight excluding hydrogens is 407 g/mol. The maximum Gasteiger partial charge on any atom is 0.312 e. The number of nitrogens with one attached hydrogen (secondary N) is 1. The fraction of sp³-hybridized carbons (Fsp3) is 0.458. The van der Waals surface area contributed by atoms with Gasteiger partial charge in [0, 0.05) is 24.2 Å². The third-order valence-corrected chi connectivity index (χ3v) is 9.89. The molecule has 1 heterocycles. The van der Waals surface area contributed by atoms with Crippen molar-refractivity contribution in [3.8, 4) is 0 Å². The maximum absolute atomic E-state index is 14.9. The van der Waals surface area contributed by atoms with Crippen molar-refractivity contribution in [2.45, 2.75) is 63.7 Å². The van der Waals surface area contributed by atoms with Gasteiger partial charge in [0.25, 0.3) is 0 Å². The van der Waals surface area contributed by atoms with Gasteiger partial charge in [-0.2, -0.15) is 0 Å². The van der Waals surface area contributed by atoms with Crippen LogP contribution in [0.15, 0.2) is 60.7 Å². The summed E-state index contributed by atoms with van der Waals surface area (Å²) in [6.07, 6.45) is 4.17. The Morgan fingerprint density at radius 3 is 1.74 bits per heavy atom. The normalized spacial score (nSPS) is 25.5. The van der Waals surface area contributed by atoms with Gasteiger partial charge in [-0.05, 0) is 37.8 Å². The lowest BCUT2D eigenvalue weighted by atomic mass is 9.88. The zero-order chi connectivity index (χ0) is 22.0. The van der Waals surface area contributed by atoms with Crippen molar-refractivity contribution < 1.29 is 9.36 Å². The standard InChI is InChI=1S/C24H33N4O2P/c1-18(20-11-5-3-6-12-20)27-22-15-9-10-16-23(22)28(31(27,30)26-24(29)17-25)19(2)21-13-7-4-8-14-21/h3-8,11-14,18-19,22-23H,9-10,15-17,25H2,1-2H3,(H,26,29,30)/t18-,19-,22+,23+/m1/s1. The van der Waals surface area contributed by atoms with E-state index in [-0.39, 0.29) is 36.6 Å². The molecule has 0 aromatic heterocycles. The predicted octanol–water partition coefficient (Wildman–Crippen LogP) is 4.62. The van der Waals surface area contributed by atoms with E-state index in [4.69, 9.17) is 5.73 Å². The molecule has 1 saturated carbocycles. The Morgan fingerprint density at radius 1 is 0.935 bits per heavy atom. The molecule has 2 fully saturated rings. The number of hydrogen-bond donors (Lipinski definition) is 2. The van der Waals surface area contributed by atoms with Crippen molar-refractivity contribution in [2.75, 3.05) is 6.54 Å². The lowest BCUT2D eigenvalue weighted by molar-refractivity contribution is -0.118. The molecule has 31 heavy (non-hydrogen) atoms. The molecule has 1 amide bonds. The Balaban J connectivity index is 1.82. The molecule has 0 unspecified atom stereocenters. The van der Waals surface area contributed by atoms with Gasteiger partial charge < -0.3 is 5.73 Å². The average Bonchev–Trinajstić information content (AvgIpc) is 3.06. The molecule has 1 saturated heterocycles. The number of nitrogens with zero attached hydrogens (tertiary/aromatic N) is 2. The number of carbonyl (C=O) groups excluding carboxylic acids is 1. The van der Waals surface area contributed by atoms with Gasteiger partial charge in [0.1, 0.15) is 0 Å². The number of rotatable bonds is 6. The van der Waals surface area contributed by atoms with E-state index in [1.54, 1.807) is 0 Å². The number of benzene rings is 2. The summed E-state index contributed by atoms with van der Waals surface area (Å²) in [6, 6.07) is 20.4. The SMILES string of the molecule is C[C@H](c1ccccc1)N1[C@H]2CCCC[C@@H]2N([C@H](C)c2ccccc2)P1(=O)NC(=O)CN. The minimum atomic E-state index is -3.42. The van der Waals surface area contributed by atoms with Crippen LogP contribution in [0.2, 0.25) is 0 Å². The molecule has 0 radical (unpaired) electrons. The summed E-state index contributed by atoms with van der Waals surface area (Å²) in [5.74, 6) is -0.377. The first-order valence-corrected chi connectivity index (χ1v) is 12.9. The summed E-state index contributed by atoms with van der Waals surface area (Å²) in [5.41, 5.74) is 7.85. The molecule has 4 atom stereocenters. The van der Waals surface area contributed by atoms with E-state index in [0.717, 1.165) is 36.8 Å². The second-order valence-electron chi connectivity index (χ2n) is 8.64. The van der Waals surface area contributed by atoms with Gasteiger partial charge in [0.15, 0.2) is 0 Å². The highest BCUT2D eigenvalue weighted by molar-refractivity contribution is 7.58. The molecule has 6 nitrogen and oxygen atoms in total. The van der Waals surface area contributed by atoms with Crippen LogP contribution in [-0.2, 0) is 9.36 Å². The number of amides is 1. The number of fused-ring (bicyclic) bond motifs is 1. The Bertz CT molecular complexity index is 874. The monoisotopic (exact) mass is 440 g/mol. The van der Waals surface area contributed by atoms with Crippen molar-refractivity contribution in [1.82, 2.24) is 14.4 Å². The van der Waals surface area contributed by atoms with Crippen LogP contribution in [0, 0.1) is 0 Å². The van der Waals surface area contributed by atoms with Crippen molar-refractivity contribution in [1.29, 1.82) is 0 Å². The van der Waals surface area contributed by atoms with Gasteiger partial charge in [-0.25, -0.2) is 9.34 Å². The van der Waals surface area contributed by atoms with E-state index in [1.165, 1.54) is 0 Å². The van der Waals surface area contributed by atoms with Crippen LogP contribution in [0.1, 0.15) is 62.7 Å². The lowest BCUT2D eigenvalue weighted by Crippen LogP contribution is -2.41. The van der Waals surface area contributed by atoms with Crippen LogP contribution < -0.4 is 10.8 Å². The third kappa shape index (κ3) is 4.10. The zero-order valence-corrected chi connectivity index (χ0v) is 19.2. The summed E-state index contributed by atoms with van der Waals surface area (Å²) in [4.78, 5) is 12.5. The highest BCUT2D eigenvalue weighted by atomic mass is 31.2. The summed E-state index contributed by atoms with van der Waals surface area (Å²) < 4.78 is 19.1. The molecule has 0 bridgehead atoms. The second kappa shape index (κ2) is 9.25. The third-order valence-electron chi connectivity index (χ3n) is 6.81. The molecule has 3 N–H and O–H groups in total. The molecule has 0 spiro atoms. The Hall–Kier alpha value is -1.98. The van der Waals surface area contributed by atoms with E-state index in [2.05, 4.69) is 52.5 Å². The fourth-order valence-corrected chi connectivity index (χ4v) is 8.80. The Morgan fingerprint density at radius 2 is 1.35 bits per heavy atom. The molecule has 1 aliphatic carbocycles. The van der Waals surface area contributed by atoms with Crippen molar-refractivity contribution in [3.63, 3.8) is 0 Å². The minimum Gasteiger partial charge on any atom is -0.322 e. The largest absolute Gasteiger partial charge is 0.322 e. The first kappa shape index (κ1) is 22.2. The smallest absolute Gasteiger partial charge is 0.312 e. The highest BCUT2D eigenvalue weighted by Gasteiger charge is 2.59. The quantitative estimate of drug-likeness (QED) is 0.641. The molecule has 1 aliphatic heterocycles. The number of nitrogens with two attached hydrogens (primary N) is 1. The number of carbonyl (C=O) groups is 1. The van der Waals surface area contributed by atoms with Gasteiger partial charge in [-0.3, -0.25) is 14.4 Å². The first-order chi connectivity index (χ1) is 15.0. The molecule has 2 aliphatic rings. The highest BCUT2D eigenvalue weighted by Crippen LogP contribution is 2.66. The lowest BCUT2D eigenvalue weighted by Gasteiger charge is -2.38. The van der Waals surface area contributed by atoms with Crippen LogP contribution in [0.4, 0.5) is 0 Å². The van der Waals surface area contributed by atoms with Gasteiger partial charge >= 0.3 is 7.59 Å². The Kier molecular flexibility index (Phi) is 6.63. The van der Waals surface area contributed by atoms with Gasteiger partial charge in [0.2, 0.25) is 5.91 Å². The molecule has 7 heteroatoms. The topological polar surface area (TPSA) is 78.7 Å². The molecule has 166 valence electrons.